The van der Waals surface area contributed by atoms with Gasteiger partial charge in [-0.15, -0.1) is 7.55 Å². The summed E-state index contributed by atoms with van der Waals surface area (Å²) in [5.41, 5.74) is 0. The number of fused-ring (bicyclic) bond motifs is 1. The number of hydrogen-bond donors (Lipinski definition) is 0. The van der Waals surface area contributed by atoms with Gasteiger partial charge in [-0.3, -0.25) is 0 Å². The largest absolute Gasteiger partial charge is 0.117 e. The molecule has 0 aromatic heterocycles. The van der Waals surface area contributed by atoms with Crippen molar-refractivity contribution in [1.29, 1.82) is 0 Å². The highest BCUT2D eigenvalue weighted by Gasteiger charge is 2.29. The van der Waals surface area contributed by atoms with E-state index in [-0.39, 0.29) is 7.55 Å². The average Bonchev–Trinajstić information content (AvgIpc) is 2.01. The van der Waals surface area contributed by atoms with Crippen LogP contribution in [0.4, 0.5) is 0 Å². The molecule has 1 heteroatoms. The van der Waals surface area contributed by atoms with Crippen LogP contribution >= 0.6 is 7.55 Å². The maximum atomic E-state index is 2.34. The van der Waals surface area contributed by atoms with Crippen LogP contribution in [0.1, 0.15) is 39.0 Å². The molecule has 0 saturated heterocycles. The van der Waals surface area contributed by atoms with Gasteiger partial charge in [-0.2, -0.15) is 0 Å². The number of rotatable bonds is 2. The van der Waals surface area contributed by atoms with Crippen molar-refractivity contribution in [2.75, 3.05) is 12.3 Å². The first kappa shape index (κ1) is 7.92. The Hall–Kier alpha value is 0.300. The third-order valence-electron chi connectivity index (χ3n) is 3.24. The van der Waals surface area contributed by atoms with E-state index < -0.39 is 0 Å². The highest BCUT2D eigenvalue weighted by Crippen LogP contribution is 2.47. The molecule has 1 heterocycles. The van der Waals surface area contributed by atoms with E-state index in [2.05, 4.69) is 12.2 Å². The zero-order valence-electron chi connectivity index (χ0n) is 7.53. The van der Waals surface area contributed by atoms with Gasteiger partial charge in [-0.05, 0) is 37.5 Å². The summed E-state index contributed by atoms with van der Waals surface area (Å²) in [4.78, 5) is 0. The van der Waals surface area contributed by atoms with Gasteiger partial charge in [0.05, 0.1) is 0 Å². The highest BCUT2D eigenvalue weighted by molar-refractivity contribution is 7.61. The molecule has 0 nitrogen and oxygen atoms in total. The van der Waals surface area contributed by atoms with Gasteiger partial charge in [0.15, 0.2) is 0 Å². The Morgan fingerprint density at radius 1 is 1.45 bits per heavy atom. The topological polar surface area (TPSA) is 0 Å². The molecule has 2 rings (SSSR count). The van der Waals surface area contributed by atoms with E-state index in [0.717, 1.165) is 5.92 Å². The molecule has 0 radical (unpaired) electrons. The van der Waals surface area contributed by atoms with Crippen molar-refractivity contribution in [1.82, 2.24) is 0 Å². The van der Waals surface area contributed by atoms with Gasteiger partial charge in [0.1, 0.15) is 0 Å². The second kappa shape index (κ2) is 3.35. The molecule has 1 fully saturated rings. The van der Waals surface area contributed by atoms with Crippen LogP contribution < -0.4 is 0 Å². The van der Waals surface area contributed by atoms with Gasteiger partial charge in [-0.1, -0.05) is 25.1 Å². The first-order valence-corrected chi connectivity index (χ1v) is 7.04. The Balaban J connectivity index is 2.00. The summed E-state index contributed by atoms with van der Waals surface area (Å²) in [5.74, 6) is 1.13. The van der Waals surface area contributed by atoms with Gasteiger partial charge in [0.2, 0.25) is 0 Å². The molecule has 1 aliphatic carbocycles. The predicted octanol–water partition coefficient (Wildman–Crippen LogP) is 2.99. The molecule has 0 aromatic carbocycles. The molecule has 2 atom stereocenters. The summed E-state index contributed by atoms with van der Waals surface area (Å²) in [6.45, 7) is 2.34. The lowest BCUT2D eigenvalue weighted by atomic mass is 9.90. The van der Waals surface area contributed by atoms with Crippen LogP contribution in [-0.4, -0.2) is 17.6 Å². The molecular weight excluding hydrogens is 151 g/mol. The average molecular weight is 170 g/mol. The first-order valence-electron chi connectivity index (χ1n) is 5.12. The van der Waals surface area contributed by atoms with Crippen molar-refractivity contribution in [3.05, 3.63) is 0 Å². The molecule has 0 aromatic rings. The van der Waals surface area contributed by atoms with Crippen LogP contribution in [0.5, 0.6) is 0 Å². The van der Waals surface area contributed by atoms with Crippen molar-refractivity contribution in [3.63, 3.8) is 0 Å². The zero-order valence-corrected chi connectivity index (χ0v) is 8.53. The lowest BCUT2D eigenvalue weighted by molar-refractivity contribution is 0.561. The highest BCUT2D eigenvalue weighted by atomic mass is 31.1. The smallest absolute Gasteiger partial charge is 0.0164 e. The van der Waals surface area contributed by atoms with Gasteiger partial charge in [0, 0.05) is 0 Å². The first-order chi connectivity index (χ1) is 5.42. The SMILES string of the molecule is CCC[PH]1=C2CCCCC2C1. The molecule has 2 unspecified atom stereocenters. The normalized spacial score (nSPS) is 36.3. The summed E-state index contributed by atoms with van der Waals surface area (Å²) in [6, 6.07) is 0. The molecular formula is C10H19P. The third kappa shape index (κ3) is 1.43. The molecule has 2 aliphatic rings. The minimum Gasteiger partial charge on any atom is -0.117 e. The zero-order chi connectivity index (χ0) is 7.68. The maximum Gasteiger partial charge on any atom is -0.0164 e. The molecule has 64 valence electrons. The summed E-state index contributed by atoms with van der Waals surface area (Å²) in [7, 11) is 0.119. The van der Waals surface area contributed by atoms with Gasteiger partial charge < -0.3 is 0 Å². The van der Waals surface area contributed by atoms with Crippen molar-refractivity contribution < 1.29 is 0 Å². The van der Waals surface area contributed by atoms with Gasteiger partial charge in [-0.25, -0.2) is 0 Å². The van der Waals surface area contributed by atoms with Crippen molar-refractivity contribution in [2.45, 2.75) is 39.0 Å². The van der Waals surface area contributed by atoms with E-state index in [4.69, 9.17) is 0 Å². The molecule has 1 saturated carbocycles. The lowest BCUT2D eigenvalue weighted by Crippen LogP contribution is -2.29. The third-order valence-corrected chi connectivity index (χ3v) is 6.90. The molecule has 1 aliphatic heterocycles. The standard InChI is InChI=1S/C10H19P/c1-2-7-11-8-9-5-3-4-6-10(9)11/h9,11H,2-8H2,1H3. The molecule has 0 amide bonds. The van der Waals surface area contributed by atoms with E-state index in [1.807, 2.05) is 0 Å². The fourth-order valence-electron chi connectivity index (χ4n) is 2.64. The van der Waals surface area contributed by atoms with E-state index in [9.17, 15) is 0 Å². The van der Waals surface area contributed by atoms with Crippen molar-refractivity contribution in [3.8, 4) is 0 Å². The number of hydrogen-bond acceptors (Lipinski definition) is 0. The van der Waals surface area contributed by atoms with Crippen LogP contribution in [0.15, 0.2) is 0 Å². The van der Waals surface area contributed by atoms with Crippen LogP contribution in [0.3, 0.4) is 0 Å². The van der Waals surface area contributed by atoms with E-state index in [0.29, 0.717) is 0 Å². The molecule has 0 spiro atoms. The van der Waals surface area contributed by atoms with Crippen LogP contribution in [0, 0.1) is 5.92 Å². The van der Waals surface area contributed by atoms with Crippen LogP contribution in [-0.2, 0) is 0 Å². The quantitative estimate of drug-likeness (QED) is 0.559. The van der Waals surface area contributed by atoms with Crippen molar-refractivity contribution in [2.24, 2.45) is 5.92 Å². The Labute approximate surface area is 70.8 Å². The van der Waals surface area contributed by atoms with Gasteiger partial charge in [0.25, 0.3) is 0 Å². The summed E-state index contributed by atoms with van der Waals surface area (Å²) < 4.78 is 0. The summed E-state index contributed by atoms with van der Waals surface area (Å²) >= 11 is 0. The Bertz CT molecular complexity index is 181. The Kier molecular flexibility index (Phi) is 2.42. The second-order valence-electron chi connectivity index (χ2n) is 4.03. The van der Waals surface area contributed by atoms with Gasteiger partial charge >= 0.3 is 0 Å². The van der Waals surface area contributed by atoms with Crippen LogP contribution in [0.2, 0.25) is 0 Å². The summed E-state index contributed by atoms with van der Waals surface area (Å²) in [6.07, 6.45) is 10.8. The molecule has 0 bridgehead atoms. The molecule has 11 heavy (non-hydrogen) atoms. The van der Waals surface area contributed by atoms with Crippen LogP contribution in [0.25, 0.3) is 0 Å². The van der Waals surface area contributed by atoms with E-state index in [1.54, 1.807) is 18.7 Å². The summed E-state index contributed by atoms with van der Waals surface area (Å²) in [5, 5.41) is 2.06. The second-order valence-corrected chi connectivity index (χ2v) is 6.78. The van der Waals surface area contributed by atoms with Crippen molar-refractivity contribution >= 4 is 12.8 Å². The molecule has 0 N–H and O–H groups in total. The fraction of sp³-hybridized carbons (Fsp3) is 0.900. The fourth-order valence-corrected chi connectivity index (χ4v) is 6.06. The van der Waals surface area contributed by atoms with E-state index >= 15 is 0 Å². The Morgan fingerprint density at radius 2 is 2.36 bits per heavy atom. The monoisotopic (exact) mass is 170 g/mol. The van der Waals surface area contributed by atoms with E-state index in [1.165, 1.54) is 25.7 Å². The maximum absolute atomic E-state index is 2.34. The lowest BCUT2D eigenvalue weighted by Gasteiger charge is -2.38. The predicted molar refractivity (Wildman–Crippen MR) is 55.3 cm³/mol. The minimum absolute atomic E-state index is 0.119. The minimum atomic E-state index is 0.119. The Morgan fingerprint density at radius 3 is 3.09 bits per heavy atom.